The standard InChI is InChI=1S/C16H21FN2O/c1-2-3-8-14-16(20)19(11-9-10-11)15(18-14)12-6-4-5-7-13(12)17/h4-7,11,14-15,18H,2-3,8-10H2,1H3. The summed E-state index contributed by atoms with van der Waals surface area (Å²) in [7, 11) is 0. The summed E-state index contributed by atoms with van der Waals surface area (Å²) in [6.07, 6.45) is 4.71. The molecule has 3 nitrogen and oxygen atoms in total. The van der Waals surface area contributed by atoms with Crippen LogP contribution in [0.25, 0.3) is 0 Å². The van der Waals surface area contributed by atoms with E-state index in [9.17, 15) is 9.18 Å². The van der Waals surface area contributed by atoms with Crippen molar-refractivity contribution in [3.63, 3.8) is 0 Å². The molecule has 2 atom stereocenters. The van der Waals surface area contributed by atoms with E-state index in [1.807, 2.05) is 11.0 Å². The molecular formula is C16H21FN2O. The predicted octanol–water partition coefficient (Wildman–Crippen LogP) is 2.98. The number of nitrogens with zero attached hydrogens (tertiary/aromatic N) is 1. The maximum absolute atomic E-state index is 14.0. The fourth-order valence-corrected chi connectivity index (χ4v) is 2.94. The zero-order chi connectivity index (χ0) is 14.1. The van der Waals surface area contributed by atoms with Crippen molar-refractivity contribution in [1.82, 2.24) is 10.2 Å². The summed E-state index contributed by atoms with van der Waals surface area (Å²) >= 11 is 0. The molecule has 0 aromatic heterocycles. The smallest absolute Gasteiger partial charge is 0.241 e. The van der Waals surface area contributed by atoms with Gasteiger partial charge >= 0.3 is 0 Å². The van der Waals surface area contributed by atoms with Crippen LogP contribution in [0.15, 0.2) is 24.3 Å². The van der Waals surface area contributed by atoms with Crippen LogP contribution in [0, 0.1) is 5.82 Å². The van der Waals surface area contributed by atoms with E-state index in [1.54, 1.807) is 12.1 Å². The molecule has 1 saturated heterocycles. The van der Waals surface area contributed by atoms with E-state index >= 15 is 0 Å². The SMILES string of the molecule is CCCCC1NC(c2ccccc2F)N(C2CC2)C1=O. The van der Waals surface area contributed by atoms with Gasteiger partial charge in [0.15, 0.2) is 0 Å². The summed E-state index contributed by atoms with van der Waals surface area (Å²) in [5.74, 6) is -0.0891. The quantitative estimate of drug-likeness (QED) is 0.896. The first-order chi connectivity index (χ1) is 9.72. The Hall–Kier alpha value is -1.42. The maximum atomic E-state index is 14.0. The molecule has 1 saturated carbocycles. The lowest BCUT2D eigenvalue weighted by Crippen LogP contribution is -2.33. The van der Waals surface area contributed by atoms with Crippen LogP contribution in [0.1, 0.15) is 50.8 Å². The number of unbranched alkanes of at least 4 members (excludes halogenated alkanes) is 1. The van der Waals surface area contributed by atoms with Gasteiger partial charge in [-0.3, -0.25) is 10.1 Å². The predicted molar refractivity (Wildman–Crippen MR) is 75.5 cm³/mol. The molecule has 2 unspecified atom stereocenters. The largest absolute Gasteiger partial charge is 0.318 e. The Morgan fingerprint density at radius 2 is 2.10 bits per heavy atom. The molecule has 1 heterocycles. The van der Waals surface area contributed by atoms with E-state index in [0.29, 0.717) is 11.6 Å². The van der Waals surface area contributed by atoms with Crippen LogP contribution in [0.2, 0.25) is 0 Å². The summed E-state index contributed by atoms with van der Waals surface area (Å²) in [5.41, 5.74) is 0.590. The van der Waals surface area contributed by atoms with Crippen molar-refractivity contribution >= 4 is 5.91 Å². The molecule has 1 amide bonds. The van der Waals surface area contributed by atoms with Crippen molar-refractivity contribution in [3.05, 3.63) is 35.6 Å². The van der Waals surface area contributed by atoms with E-state index in [2.05, 4.69) is 12.2 Å². The molecule has 0 bridgehead atoms. The molecule has 0 spiro atoms. The second kappa shape index (κ2) is 5.52. The van der Waals surface area contributed by atoms with Crippen LogP contribution in [0.5, 0.6) is 0 Å². The van der Waals surface area contributed by atoms with Crippen LogP contribution < -0.4 is 5.32 Å². The van der Waals surface area contributed by atoms with Crippen molar-refractivity contribution in [2.45, 2.75) is 57.3 Å². The van der Waals surface area contributed by atoms with Gasteiger partial charge in [-0.2, -0.15) is 0 Å². The highest BCUT2D eigenvalue weighted by Crippen LogP contribution is 2.38. The zero-order valence-corrected chi connectivity index (χ0v) is 11.8. The zero-order valence-electron chi connectivity index (χ0n) is 11.8. The van der Waals surface area contributed by atoms with Crippen molar-refractivity contribution in [3.8, 4) is 0 Å². The Bertz CT molecular complexity index is 501. The van der Waals surface area contributed by atoms with E-state index in [0.717, 1.165) is 32.1 Å². The molecule has 3 rings (SSSR count). The summed E-state index contributed by atoms with van der Waals surface area (Å²) in [6, 6.07) is 6.90. The van der Waals surface area contributed by atoms with Gasteiger partial charge in [0.25, 0.3) is 0 Å². The van der Waals surface area contributed by atoms with Gasteiger partial charge in [-0.15, -0.1) is 0 Å². The number of rotatable bonds is 5. The van der Waals surface area contributed by atoms with E-state index in [-0.39, 0.29) is 23.9 Å². The van der Waals surface area contributed by atoms with Gasteiger partial charge in [-0.1, -0.05) is 38.0 Å². The highest BCUT2D eigenvalue weighted by atomic mass is 19.1. The van der Waals surface area contributed by atoms with Crippen LogP contribution in [-0.2, 0) is 4.79 Å². The topological polar surface area (TPSA) is 32.3 Å². The number of halogens is 1. The number of benzene rings is 1. The average Bonchev–Trinajstić information content (AvgIpc) is 3.22. The van der Waals surface area contributed by atoms with Gasteiger partial charge in [0.2, 0.25) is 5.91 Å². The first-order valence-corrected chi connectivity index (χ1v) is 7.55. The lowest BCUT2D eigenvalue weighted by atomic mass is 10.1. The molecule has 1 aliphatic heterocycles. The van der Waals surface area contributed by atoms with Gasteiger partial charge in [-0.05, 0) is 25.3 Å². The Morgan fingerprint density at radius 1 is 1.35 bits per heavy atom. The van der Waals surface area contributed by atoms with Crippen LogP contribution in [-0.4, -0.2) is 22.9 Å². The van der Waals surface area contributed by atoms with Gasteiger partial charge < -0.3 is 4.90 Å². The molecule has 20 heavy (non-hydrogen) atoms. The first-order valence-electron chi connectivity index (χ1n) is 7.55. The Morgan fingerprint density at radius 3 is 2.75 bits per heavy atom. The monoisotopic (exact) mass is 276 g/mol. The second-order valence-electron chi connectivity index (χ2n) is 5.76. The third kappa shape index (κ3) is 2.44. The molecule has 1 aromatic rings. The molecule has 1 aromatic carbocycles. The molecule has 1 aliphatic carbocycles. The Labute approximate surface area is 119 Å². The van der Waals surface area contributed by atoms with Gasteiger partial charge in [-0.25, -0.2) is 4.39 Å². The Balaban J connectivity index is 1.85. The summed E-state index contributed by atoms with van der Waals surface area (Å²) in [5, 5.41) is 3.34. The third-order valence-corrected chi connectivity index (χ3v) is 4.18. The molecule has 0 radical (unpaired) electrons. The number of hydrogen-bond donors (Lipinski definition) is 1. The lowest BCUT2D eigenvalue weighted by molar-refractivity contribution is -0.130. The number of carbonyl (C=O) groups excluding carboxylic acids is 1. The van der Waals surface area contributed by atoms with Gasteiger partial charge in [0.1, 0.15) is 12.0 Å². The van der Waals surface area contributed by atoms with Crippen LogP contribution >= 0.6 is 0 Å². The average molecular weight is 276 g/mol. The minimum Gasteiger partial charge on any atom is -0.318 e. The normalized spacial score (nSPS) is 26.3. The molecule has 1 N–H and O–H groups in total. The Kier molecular flexibility index (Phi) is 3.74. The number of hydrogen-bond acceptors (Lipinski definition) is 2. The van der Waals surface area contributed by atoms with Crippen molar-refractivity contribution in [2.24, 2.45) is 0 Å². The highest BCUT2D eigenvalue weighted by molar-refractivity contribution is 5.85. The summed E-state index contributed by atoms with van der Waals surface area (Å²) in [6.45, 7) is 2.12. The number of carbonyl (C=O) groups is 1. The summed E-state index contributed by atoms with van der Waals surface area (Å²) in [4.78, 5) is 14.4. The minimum atomic E-state index is -0.293. The van der Waals surface area contributed by atoms with Gasteiger partial charge in [0.05, 0.1) is 6.04 Å². The van der Waals surface area contributed by atoms with E-state index in [4.69, 9.17) is 0 Å². The first kappa shape index (κ1) is 13.6. The highest BCUT2D eigenvalue weighted by Gasteiger charge is 2.46. The van der Waals surface area contributed by atoms with E-state index < -0.39 is 0 Å². The number of nitrogens with one attached hydrogen (secondary N) is 1. The van der Waals surface area contributed by atoms with Gasteiger partial charge in [0, 0.05) is 11.6 Å². The fourth-order valence-electron chi connectivity index (χ4n) is 2.94. The molecule has 2 fully saturated rings. The maximum Gasteiger partial charge on any atom is 0.241 e. The van der Waals surface area contributed by atoms with E-state index in [1.165, 1.54) is 6.07 Å². The van der Waals surface area contributed by atoms with Crippen molar-refractivity contribution < 1.29 is 9.18 Å². The minimum absolute atomic E-state index is 0.147. The van der Waals surface area contributed by atoms with Crippen molar-refractivity contribution in [1.29, 1.82) is 0 Å². The summed E-state index contributed by atoms with van der Waals surface area (Å²) < 4.78 is 14.0. The van der Waals surface area contributed by atoms with Crippen LogP contribution in [0.4, 0.5) is 4.39 Å². The molecule has 2 aliphatic rings. The molecular weight excluding hydrogens is 255 g/mol. The third-order valence-electron chi connectivity index (χ3n) is 4.18. The fraction of sp³-hybridized carbons (Fsp3) is 0.562. The van der Waals surface area contributed by atoms with Crippen LogP contribution in [0.3, 0.4) is 0 Å². The number of amides is 1. The lowest BCUT2D eigenvalue weighted by Gasteiger charge is -2.24. The molecule has 108 valence electrons. The van der Waals surface area contributed by atoms with Crippen molar-refractivity contribution in [2.75, 3.05) is 0 Å². The second-order valence-corrected chi connectivity index (χ2v) is 5.76. The molecule has 4 heteroatoms.